The number of ether oxygens (including phenoxy) is 1. The number of alkyl halides is 3. The summed E-state index contributed by atoms with van der Waals surface area (Å²) in [7, 11) is 0. The van der Waals surface area contributed by atoms with Crippen LogP contribution in [-0.2, 0) is 11.0 Å². The summed E-state index contributed by atoms with van der Waals surface area (Å²) >= 11 is 0. The quantitative estimate of drug-likeness (QED) is 0.466. The lowest BCUT2D eigenvalue weighted by atomic mass is 10.2. The highest BCUT2D eigenvalue weighted by molar-refractivity contribution is 5.77. The lowest BCUT2D eigenvalue weighted by molar-refractivity contribution is -0.140. The van der Waals surface area contributed by atoms with Crippen LogP contribution in [0.15, 0.2) is 12.1 Å². The van der Waals surface area contributed by atoms with Crippen molar-refractivity contribution >= 4 is 5.97 Å². The molecule has 1 saturated carbocycles. The van der Waals surface area contributed by atoms with E-state index in [0.717, 1.165) is 0 Å². The van der Waals surface area contributed by atoms with Crippen molar-refractivity contribution in [3.8, 4) is 5.75 Å². The van der Waals surface area contributed by atoms with E-state index in [9.17, 15) is 26.7 Å². The molecule has 2 rings (SSSR count). The second kappa shape index (κ2) is 4.22. The summed E-state index contributed by atoms with van der Waals surface area (Å²) in [4.78, 5) is 11.2. The highest BCUT2D eigenvalue weighted by atomic mass is 19.4. The Kier molecular flexibility index (Phi) is 3.00. The van der Waals surface area contributed by atoms with Crippen molar-refractivity contribution in [3.63, 3.8) is 0 Å². The summed E-state index contributed by atoms with van der Waals surface area (Å²) in [6.07, 6.45) is -3.82. The van der Waals surface area contributed by atoms with Crippen LogP contribution in [0.2, 0.25) is 0 Å². The number of benzene rings is 1. The van der Waals surface area contributed by atoms with Gasteiger partial charge in [-0.3, -0.25) is 4.79 Å². The minimum absolute atomic E-state index is 0.0230. The number of esters is 1. The van der Waals surface area contributed by atoms with Crippen LogP contribution in [-0.4, -0.2) is 5.97 Å². The van der Waals surface area contributed by atoms with E-state index in [1.54, 1.807) is 0 Å². The van der Waals surface area contributed by atoms with Gasteiger partial charge in [0, 0.05) is 6.07 Å². The molecule has 0 spiro atoms. The van der Waals surface area contributed by atoms with E-state index in [1.807, 2.05) is 0 Å². The first-order valence-electron chi connectivity index (χ1n) is 5.07. The minimum atomic E-state index is -5.00. The Morgan fingerprint density at radius 3 is 2.28 bits per heavy atom. The molecule has 0 heterocycles. The van der Waals surface area contributed by atoms with Crippen LogP contribution in [0.4, 0.5) is 22.0 Å². The molecule has 1 fully saturated rings. The third-order valence-corrected chi connectivity index (χ3v) is 2.45. The van der Waals surface area contributed by atoms with Gasteiger partial charge >= 0.3 is 12.1 Å². The number of hydrogen-bond acceptors (Lipinski definition) is 2. The highest BCUT2D eigenvalue weighted by Gasteiger charge is 2.36. The van der Waals surface area contributed by atoms with Gasteiger partial charge in [-0.15, -0.1) is 0 Å². The number of carbonyl (C=O) groups excluding carboxylic acids is 1. The lowest BCUT2D eigenvalue weighted by Crippen LogP contribution is -2.13. The van der Waals surface area contributed by atoms with Crippen molar-refractivity contribution in [1.82, 2.24) is 0 Å². The van der Waals surface area contributed by atoms with Crippen LogP contribution in [0.3, 0.4) is 0 Å². The van der Waals surface area contributed by atoms with Crippen LogP contribution in [0.25, 0.3) is 0 Å². The van der Waals surface area contributed by atoms with Gasteiger partial charge in [-0.2, -0.15) is 13.2 Å². The van der Waals surface area contributed by atoms with Crippen molar-refractivity contribution in [1.29, 1.82) is 0 Å². The molecule has 98 valence electrons. The highest BCUT2D eigenvalue weighted by Crippen LogP contribution is 2.36. The third-order valence-electron chi connectivity index (χ3n) is 2.45. The molecule has 1 aliphatic rings. The SMILES string of the molecule is O=C(Oc1cc(F)c(C(F)(F)F)cc1F)C1CC1. The van der Waals surface area contributed by atoms with Gasteiger partial charge in [0.1, 0.15) is 5.82 Å². The molecule has 0 radical (unpaired) electrons. The van der Waals surface area contributed by atoms with Crippen LogP contribution in [0.1, 0.15) is 18.4 Å². The summed E-state index contributed by atoms with van der Waals surface area (Å²) in [5.41, 5.74) is -1.73. The summed E-state index contributed by atoms with van der Waals surface area (Å²) < 4.78 is 67.6. The molecule has 0 saturated heterocycles. The summed E-state index contributed by atoms with van der Waals surface area (Å²) in [6, 6.07) is 0.212. The molecular weight excluding hydrogens is 259 g/mol. The fourth-order valence-electron chi connectivity index (χ4n) is 1.33. The Hall–Kier alpha value is -1.66. The van der Waals surface area contributed by atoms with Crippen molar-refractivity contribution < 1.29 is 31.5 Å². The number of rotatable bonds is 2. The van der Waals surface area contributed by atoms with Crippen molar-refractivity contribution in [3.05, 3.63) is 29.3 Å². The van der Waals surface area contributed by atoms with Crippen LogP contribution < -0.4 is 4.74 Å². The predicted octanol–water partition coefficient (Wildman–Crippen LogP) is 3.30. The maximum absolute atomic E-state index is 13.3. The standard InChI is InChI=1S/C11H7F5O2/c12-7-4-9(18-10(17)5-1-2-5)8(13)3-6(7)11(14,15)16/h3-5H,1-2H2. The molecule has 1 aromatic carbocycles. The Labute approximate surface area is 98.4 Å². The zero-order valence-electron chi connectivity index (χ0n) is 8.85. The van der Waals surface area contributed by atoms with Crippen LogP contribution in [0, 0.1) is 17.6 Å². The molecule has 0 bridgehead atoms. The van der Waals surface area contributed by atoms with E-state index in [4.69, 9.17) is 0 Å². The first kappa shape index (κ1) is 12.8. The molecular formula is C11H7F5O2. The average molecular weight is 266 g/mol. The second-order valence-electron chi connectivity index (χ2n) is 3.96. The number of carbonyl (C=O) groups is 1. The maximum Gasteiger partial charge on any atom is 0.419 e. The van der Waals surface area contributed by atoms with Gasteiger partial charge < -0.3 is 4.74 Å². The second-order valence-corrected chi connectivity index (χ2v) is 3.96. The molecule has 18 heavy (non-hydrogen) atoms. The molecule has 0 N–H and O–H groups in total. The molecule has 1 aliphatic carbocycles. The Morgan fingerprint density at radius 1 is 1.17 bits per heavy atom. The zero-order chi connectivity index (χ0) is 13.5. The van der Waals surface area contributed by atoms with Gasteiger partial charge in [-0.05, 0) is 18.9 Å². The van der Waals surface area contributed by atoms with Gasteiger partial charge in [-0.25, -0.2) is 8.78 Å². The number of hydrogen-bond donors (Lipinski definition) is 0. The minimum Gasteiger partial charge on any atom is -0.423 e. The molecule has 7 heteroatoms. The van der Waals surface area contributed by atoms with Crippen molar-refractivity contribution in [2.75, 3.05) is 0 Å². The first-order valence-corrected chi connectivity index (χ1v) is 5.07. The summed E-state index contributed by atoms with van der Waals surface area (Å²) in [5, 5.41) is 0. The van der Waals surface area contributed by atoms with Gasteiger partial charge in [-0.1, -0.05) is 0 Å². The summed E-state index contributed by atoms with van der Waals surface area (Å²) in [5.74, 6) is -5.04. The molecule has 0 unspecified atom stereocenters. The van der Waals surface area contributed by atoms with E-state index in [-0.39, 0.29) is 18.1 Å². The van der Waals surface area contributed by atoms with Crippen molar-refractivity contribution in [2.45, 2.75) is 19.0 Å². The molecule has 0 aliphatic heterocycles. The van der Waals surface area contributed by atoms with Crippen LogP contribution >= 0.6 is 0 Å². The fraction of sp³-hybridized carbons (Fsp3) is 0.364. The topological polar surface area (TPSA) is 26.3 Å². The van der Waals surface area contributed by atoms with E-state index in [0.29, 0.717) is 12.8 Å². The Balaban J connectivity index is 2.27. The van der Waals surface area contributed by atoms with E-state index in [1.165, 1.54) is 0 Å². The first-order chi connectivity index (χ1) is 8.29. The Bertz CT molecular complexity index is 491. The van der Waals surface area contributed by atoms with Gasteiger partial charge in [0.15, 0.2) is 11.6 Å². The Morgan fingerprint density at radius 2 is 1.78 bits per heavy atom. The van der Waals surface area contributed by atoms with Gasteiger partial charge in [0.2, 0.25) is 0 Å². The molecule has 0 aromatic heterocycles. The van der Waals surface area contributed by atoms with E-state index < -0.39 is 35.1 Å². The smallest absolute Gasteiger partial charge is 0.419 e. The van der Waals surface area contributed by atoms with Crippen molar-refractivity contribution in [2.24, 2.45) is 5.92 Å². The molecule has 0 amide bonds. The monoisotopic (exact) mass is 266 g/mol. The largest absolute Gasteiger partial charge is 0.423 e. The third kappa shape index (κ3) is 2.60. The molecule has 2 nitrogen and oxygen atoms in total. The zero-order valence-corrected chi connectivity index (χ0v) is 8.85. The average Bonchev–Trinajstić information content (AvgIpc) is 3.04. The maximum atomic E-state index is 13.3. The van der Waals surface area contributed by atoms with Crippen LogP contribution in [0.5, 0.6) is 5.75 Å². The van der Waals surface area contributed by atoms with E-state index in [2.05, 4.69) is 4.74 Å². The van der Waals surface area contributed by atoms with E-state index >= 15 is 0 Å². The normalized spacial score (nSPS) is 15.6. The summed E-state index contributed by atoms with van der Waals surface area (Å²) in [6.45, 7) is 0. The number of halogens is 5. The lowest BCUT2D eigenvalue weighted by Gasteiger charge is -2.10. The van der Waals surface area contributed by atoms with Gasteiger partial charge in [0.25, 0.3) is 0 Å². The molecule has 1 aromatic rings. The fourth-order valence-corrected chi connectivity index (χ4v) is 1.33. The predicted molar refractivity (Wildman–Crippen MR) is 49.7 cm³/mol. The van der Waals surface area contributed by atoms with Gasteiger partial charge in [0.05, 0.1) is 11.5 Å². The molecule has 0 atom stereocenters.